The molecule has 2 N–H and O–H groups in total. The third-order valence-corrected chi connectivity index (χ3v) is 6.77. The van der Waals surface area contributed by atoms with Gasteiger partial charge in [-0.2, -0.15) is 0 Å². The second-order valence-corrected chi connectivity index (χ2v) is 8.35. The molecule has 0 saturated heterocycles. The van der Waals surface area contributed by atoms with Crippen LogP contribution in [0.1, 0.15) is 36.1 Å². The van der Waals surface area contributed by atoms with Crippen molar-refractivity contribution in [3.05, 3.63) is 59.7 Å². The van der Waals surface area contributed by atoms with E-state index in [9.17, 15) is 4.79 Å². The average Bonchev–Trinajstić information content (AvgIpc) is 2.62. The van der Waals surface area contributed by atoms with Gasteiger partial charge in [-0.15, -0.1) is 23.5 Å². The van der Waals surface area contributed by atoms with Crippen molar-refractivity contribution in [2.24, 2.45) is 0 Å². The predicted octanol–water partition coefficient (Wildman–Crippen LogP) is 4.76. The largest absolute Gasteiger partial charge is 0.331 e. The summed E-state index contributed by atoms with van der Waals surface area (Å²) in [4.78, 5) is 15.1. The van der Waals surface area contributed by atoms with Crippen LogP contribution in [-0.2, 0) is 0 Å². The van der Waals surface area contributed by atoms with Gasteiger partial charge in [0.2, 0.25) is 0 Å². The van der Waals surface area contributed by atoms with Gasteiger partial charge in [-0.3, -0.25) is 0 Å². The zero-order valence-corrected chi connectivity index (χ0v) is 15.0. The molecule has 2 aliphatic rings. The van der Waals surface area contributed by atoms with Crippen LogP contribution in [0.3, 0.4) is 0 Å². The lowest BCUT2D eigenvalue weighted by Crippen LogP contribution is -2.41. The van der Waals surface area contributed by atoms with E-state index in [1.54, 1.807) is 0 Å². The Labute approximate surface area is 151 Å². The van der Waals surface area contributed by atoms with Gasteiger partial charge in [-0.25, -0.2) is 4.79 Å². The number of amides is 2. The van der Waals surface area contributed by atoms with Gasteiger partial charge in [0.25, 0.3) is 0 Å². The van der Waals surface area contributed by atoms with Crippen LogP contribution in [0.25, 0.3) is 0 Å². The number of hydrogen-bond donors (Lipinski definition) is 2. The highest BCUT2D eigenvalue weighted by molar-refractivity contribution is 7.99. The maximum absolute atomic E-state index is 12.6. The number of urea groups is 1. The summed E-state index contributed by atoms with van der Waals surface area (Å²) in [6, 6.07) is 16.9. The molecule has 3 nitrogen and oxygen atoms in total. The van der Waals surface area contributed by atoms with Crippen LogP contribution in [0.15, 0.2) is 58.3 Å². The van der Waals surface area contributed by atoms with E-state index in [0.29, 0.717) is 0 Å². The van der Waals surface area contributed by atoms with Crippen molar-refractivity contribution in [1.29, 1.82) is 0 Å². The smallest absolute Gasteiger partial charge is 0.315 e. The number of nitrogens with one attached hydrogen (secondary N) is 2. The Morgan fingerprint density at radius 1 is 0.792 bits per heavy atom. The van der Waals surface area contributed by atoms with Gasteiger partial charge in [0.1, 0.15) is 0 Å². The SMILES string of the molecule is O=C(N[C@H]1CCSc2ccccc21)N[C@H]1CCSc2ccccc21. The van der Waals surface area contributed by atoms with Crippen molar-refractivity contribution in [1.82, 2.24) is 10.6 Å². The lowest BCUT2D eigenvalue weighted by Gasteiger charge is -2.29. The molecule has 2 aliphatic heterocycles. The second kappa shape index (κ2) is 7.11. The second-order valence-electron chi connectivity index (χ2n) is 6.07. The summed E-state index contributed by atoms with van der Waals surface area (Å²) in [6.07, 6.45) is 1.96. The molecule has 0 saturated carbocycles. The molecule has 4 rings (SSSR count). The Morgan fingerprint density at radius 2 is 1.25 bits per heavy atom. The minimum atomic E-state index is -0.0617. The lowest BCUT2D eigenvalue weighted by atomic mass is 10.0. The standard InChI is InChI=1S/C19H20N2OS2/c22-19(20-15-9-11-23-17-7-3-1-5-13(15)17)21-16-10-12-24-18-8-4-2-6-14(16)18/h1-8,15-16H,9-12H2,(H2,20,21,22)/t15-,16-/m0/s1. The van der Waals surface area contributed by atoms with E-state index in [-0.39, 0.29) is 18.1 Å². The number of rotatable bonds is 2. The topological polar surface area (TPSA) is 41.1 Å². The van der Waals surface area contributed by atoms with E-state index in [4.69, 9.17) is 0 Å². The molecule has 2 heterocycles. The third kappa shape index (κ3) is 3.28. The van der Waals surface area contributed by atoms with Crippen LogP contribution in [0.5, 0.6) is 0 Å². The van der Waals surface area contributed by atoms with E-state index in [2.05, 4.69) is 47.0 Å². The maximum atomic E-state index is 12.6. The Kier molecular flexibility index (Phi) is 4.72. The number of benzene rings is 2. The summed E-state index contributed by atoms with van der Waals surface area (Å²) in [5, 5.41) is 6.37. The molecule has 2 aromatic carbocycles. The van der Waals surface area contributed by atoms with Gasteiger partial charge in [0.15, 0.2) is 0 Å². The fourth-order valence-electron chi connectivity index (χ4n) is 3.34. The van der Waals surface area contributed by atoms with Crippen LogP contribution in [0.4, 0.5) is 4.79 Å². The van der Waals surface area contributed by atoms with Crippen LogP contribution in [-0.4, -0.2) is 17.5 Å². The Bertz CT molecular complexity index is 688. The molecule has 0 aromatic heterocycles. The van der Waals surface area contributed by atoms with Gasteiger partial charge in [-0.05, 0) is 36.1 Å². The summed E-state index contributed by atoms with van der Waals surface area (Å²) in [5.74, 6) is 2.09. The molecule has 0 radical (unpaired) electrons. The van der Waals surface area contributed by atoms with Gasteiger partial charge < -0.3 is 10.6 Å². The first-order valence-corrected chi connectivity index (χ1v) is 10.3. The van der Waals surface area contributed by atoms with Crippen LogP contribution < -0.4 is 10.6 Å². The minimum Gasteiger partial charge on any atom is -0.331 e. The molecule has 0 unspecified atom stereocenters. The van der Waals surface area contributed by atoms with Crippen LogP contribution in [0.2, 0.25) is 0 Å². The summed E-state index contributed by atoms with van der Waals surface area (Å²) < 4.78 is 0. The lowest BCUT2D eigenvalue weighted by molar-refractivity contribution is 0.232. The summed E-state index contributed by atoms with van der Waals surface area (Å²) in [7, 11) is 0. The molecule has 124 valence electrons. The number of fused-ring (bicyclic) bond motifs is 2. The molecule has 2 atom stereocenters. The van der Waals surface area contributed by atoms with Crippen LogP contribution in [0, 0.1) is 0 Å². The van der Waals surface area contributed by atoms with Crippen LogP contribution >= 0.6 is 23.5 Å². The van der Waals surface area contributed by atoms with Crippen molar-refractivity contribution in [3.63, 3.8) is 0 Å². The molecule has 2 amide bonds. The molecule has 2 aromatic rings. The zero-order chi connectivity index (χ0) is 16.4. The monoisotopic (exact) mass is 356 g/mol. The minimum absolute atomic E-state index is 0.0617. The number of thioether (sulfide) groups is 2. The molecule has 0 aliphatic carbocycles. The van der Waals surface area contributed by atoms with E-state index in [1.165, 1.54) is 20.9 Å². The highest BCUT2D eigenvalue weighted by atomic mass is 32.2. The van der Waals surface area contributed by atoms with Gasteiger partial charge in [0.05, 0.1) is 12.1 Å². The van der Waals surface area contributed by atoms with Crippen molar-refractivity contribution >= 4 is 29.6 Å². The average molecular weight is 357 g/mol. The molecule has 24 heavy (non-hydrogen) atoms. The summed E-state index contributed by atoms with van der Waals surface area (Å²) in [6.45, 7) is 0. The van der Waals surface area contributed by atoms with E-state index >= 15 is 0 Å². The van der Waals surface area contributed by atoms with Crippen molar-refractivity contribution in [2.75, 3.05) is 11.5 Å². The van der Waals surface area contributed by atoms with E-state index in [1.807, 2.05) is 35.7 Å². The fraction of sp³-hybridized carbons (Fsp3) is 0.316. The van der Waals surface area contributed by atoms with Crippen molar-refractivity contribution < 1.29 is 4.79 Å². The molecule has 0 fully saturated rings. The number of hydrogen-bond acceptors (Lipinski definition) is 3. The van der Waals surface area contributed by atoms with Crippen molar-refractivity contribution in [3.8, 4) is 0 Å². The molecule has 0 bridgehead atoms. The predicted molar refractivity (Wildman–Crippen MR) is 101 cm³/mol. The normalized spacial score (nSPS) is 22.2. The number of carbonyl (C=O) groups is 1. The quantitative estimate of drug-likeness (QED) is 0.815. The Hall–Kier alpha value is -1.59. The first kappa shape index (κ1) is 15.9. The number of carbonyl (C=O) groups excluding carboxylic acids is 1. The Morgan fingerprint density at radius 3 is 1.75 bits per heavy atom. The third-order valence-electron chi connectivity index (χ3n) is 4.53. The van der Waals surface area contributed by atoms with E-state index in [0.717, 1.165) is 24.3 Å². The molecule has 5 heteroatoms. The van der Waals surface area contributed by atoms with Gasteiger partial charge in [-0.1, -0.05) is 36.4 Å². The molecular formula is C19H20N2OS2. The highest BCUT2D eigenvalue weighted by Crippen LogP contribution is 2.37. The highest BCUT2D eigenvalue weighted by Gasteiger charge is 2.25. The first-order valence-electron chi connectivity index (χ1n) is 8.32. The molecular weight excluding hydrogens is 336 g/mol. The fourth-order valence-corrected chi connectivity index (χ4v) is 5.59. The van der Waals surface area contributed by atoms with Gasteiger partial charge >= 0.3 is 6.03 Å². The maximum Gasteiger partial charge on any atom is 0.315 e. The summed E-state index contributed by atoms with van der Waals surface area (Å²) in [5.41, 5.74) is 2.48. The summed E-state index contributed by atoms with van der Waals surface area (Å²) >= 11 is 3.74. The van der Waals surface area contributed by atoms with Gasteiger partial charge in [0, 0.05) is 21.3 Å². The first-order chi connectivity index (χ1) is 11.8. The molecule has 0 spiro atoms. The zero-order valence-electron chi connectivity index (χ0n) is 13.3. The Balaban J connectivity index is 1.45. The van der Waals surface area contributed by atoms with E-state index < -0.39 is 0 Å². The van der Waals surface area contributed by atoms with Crippen molar-refractivity contribution in [2.45, 2.75) is 34.7 Å².